The average Bonchev–Trinajstić information content (AvgIpc) is 2.91. The number of nitrogens with one attached hydrogen (secondary N) is 1. The zero-order valence-electron chi connectivity index (χ0n) is 15.0. The number of aromatic nitrogens is 2. The van der Waals surface area contributed by atoms with Gasteiger partial charge >= 0.3 is 0 Å². The molecule has 0 bridgehead atoms. The van der Waals surface area contributed by atoms with Crippen molar-refractivity contribution in [3.63, 3.8) is 0 Å². The number of nitrogens with zero attached hydrogens (tertiary/aromatic N) is 3. The third kappa shape index (κ3) is 2.33. The van der Waals surface area contributed by atoms with Crippen molar-refractivity contribution in [3.8, 4) is 0 Å². The minimum absolute atomic E-state index is 0.630. The fourth-order valence-corrected chi connectivity index (χ4v) is 5.30. The van der Waals surface area contributed by atoms with Crippen LogP contribution in [0.5, 0.6) is 0 Å². The molecule has 1 saturated heterocycles. The molecule has 2 aliphatic carbocycles. The normalized spacial score (nSPS) is 28.1. The maximum atomic E-state index is 5.04. The number of anilines is 1. The first-order valence-electron chi connectivity index (χ1n) is 10.1. The average molecular weight is 326 g/mol. The predicted molar refractivity (Wildman–Crippen MR) is 98.3 cm³/mol. The standard InChI is InChI=1S/C20H30N4/c1-23-20-18(17-10-3-2-6-14(17)12-21-20)19(22-23)15-7-5-11-24(13-15)16-8-4-9-16/h15-16,21H,2-13H2,1H3. The molecule has 4 nitrogen and oxygen atoms in total. The summed E-state index contributed by atoms with van der Waals surface area (Å²) < 4.78 is 2.12. The predicted octanol–water partition coefficient (Wildman–Crippen LogP) is 3.91. The van der Waals surface area contributed by atoms with E-state index in [0.717, 1.165) is 12.6 Å². The molecule has 1 atom stereocenters. The Bertz CT molecular complexity index is 667. The summed E-state index contributed by atoms with van der Waals surface area (Å²) in [5.41, 5.74) is 6.21. The molecule has 1 aromatic rings. The summed E-state index contributed by atoms with van der Waals surface area (Å²) in [6, 6.07) is 0.870. The molecule has 3 heterocycles. The van der Waals surface area contributed by atoms with E-state index in [1.807, 2.05) is 0 Å². The molecule has 24 heavy (non-hydrogen) atoms. The Morgan fingerprint density at radius 3 is 2.75 bits per heavy atom. The summed E-state index contributed by atoms with van der Waals surface area (Å²) in [7, 11) is 2.12. The highest BCUT2D eigenvalue weighted by Gasteiger charge is 2.35. The second-order valence-electron chi connectivity index (χ2n) is 8.29. The van der Waals surface area contributed by atoms with Crippen molar-refractivity contribution in [2.24, 2.45) is 7.05 Å². The van der Waals surface area contributed by atoms with E-state index in [9.17, 15) is 0 Å². The van der Waals surface area contributed by atoms with Crippen LogP contribution in [0.2, 0.25) is 0 Å². The topological polar surface area (TPSA) is 33.1 Å². The first-order valence-corrected chi connectivity index (χ1v) is 10.1. The fraction of sp³-hybridized carbons (Fsp3) is 0.750. The third-order valence-corrected chi connectivity index (χ3v) is 6.86. The summed E-state index contributed by atoms with van der Waals surface area (Å²) in [4.78, 5) is 2.77. The van der Waals surface area contributed by atoms with Gasteiger partial charge in [0.1, 0.15) is 5.82 Å². The Morgan fingerprint density at radius 2 is 1.92 bits per heavy atom. The van der Waals surface area contributed by atoms with E-state index >= 15 is 0 Å². The number of likely N-dealkylation sites (tertiary alicyclic amines) is 1. The molecule has 1 N–H and O–H groups in total. The van der Waals surface area contributed by atoms with Crippen LogP contribution in [0, 0.1) is 0 Å². The van der Waals surface area contributed by atoms with Crippen molar-refractivity contribution in [1.82, 2.24) is 14.7 Å². The van der Waals surface area contributed by atoms with Gasteiger partial charge in [0, 0.05) is 37.7 Å². The fourth-order valence-electron chi connectivity index (χ4n) is 5.30. The Balaban J connectivity index is 1.49. The van der Waals surface area contributed by atoms with Gasteiger partial charge in [-0.25, -0.2) is 0 Å². The second kappa shape index (κ2) is 5.91. The Labute approximate surface area is 145 Å². The van der Waals surface area contributed by atoms with Crippen molar-refractivity contribution >= 4 is 11.4 Å². The smallest absolute Gasteiger partial charge is 0.132 e. The van der Waals surface area contributed by atoms with Crippen LogP contribution < -0.4 is 5.32 Å². The molecule has 0 amide bonds. The van der Waals surface area contributed by atoms with Crippen molar-refractivity contribution in [3.05, 3.63) is 16.8 Å². The van der Waals surface area contributed by atoms with E-state index in [0.29, 0.717) is 5.92 Å². The number of aryl methyl sites for hydroxylation is 1. The lowest BCUT2D eigenvalue weighted by Gasteiger charge is -2.42. The number of piperidine rings is 1. The van der Waals surface area contributed by atoms with Gasteiger partial charge in [0.25, 0.3) is 0 Å². The zero-order chi connectivity index (χ0) is 16.1. The number of fused-ring (bicyclic) bond motifs is 2. The van der Waals surface area contributed by atoms with Gasteiger partial charge in [0.15, 0.2) is 0 Å². The molecule has 0 aromatic carbocycles. The van der Waals surface area contributed by atoms with E-state index in [4.69, 9.17) is 5.10 Å². The Hall–Kier alpha value is -1.29. The molecule has 130 valence electrons. The molecule has 4 heteroatoms. The van der Waals surface area contributed by atoms with Crippen molar-refractivity contribution < 1.29 is 0 Å². The van der Waals surface area contributed by atoms with Gasteiger partial charge in [-0.3, -0.25) is 9.58 Å². The largest absolute Gasteiger partial charge is 0.366 e. The quantitative estimate of drug-likeness (QED) is 0.894. The number of rotatable bonds is 2. The van der Waals surface area contributed by atoms with Gasteiger partial charge < -0.3 is 5.32 Å². The van der Waals surface area contributed by atoms with Crippen LogP contribution in [0.4, 0.5) is 5.82 Å². The van der Waals surface area contributed by atoms with Crippen molar-refractivity contribution in [2.45, 2.75) is 69.7 Å². The maximum absolute atomic E-state index is 5.04. The number of allylic oxidation sites excluding steroid dienone is 1. The minimum Gasteiger partial charge on any atom is -0.366 e. The molecule has 1 unspecified atom stereocenters. The highest BCUT2D eigenvalue weighted by Crippen LogP contribution is 2.44. The van der Waals surface area contributed by atoms with Gasteiger partial charge in [0.2, 0.25) is 0 Å². The van der Waals surface area contributed by atoms with Gasteiger partial charge in [-0.1, -0.05) is 6.42 Å². The molecular weight excluding hydrogens is 296 g/mol. The molecular formula is C20H30N4. The highest BCUT2D eigenvalue weighted by atomic mass is 15.3. The molecule has 0 spiro atoms. The van der Waals surface area contributed by atoms with Crippen LogP contribution in [0.15, 0.2) is 5.57 Å². The molecule has 4 aliphatic rings. The van der Waals surface area contributed by atoms with Gasteiger partial charge in [-0.15, -0.1) is 0 Å². The molecule has 5 rings (SSSR count). The van der Waals surface area contributed by atoms with Crippen LogP contribution in [0.3, 0.4) is 0 Å². The Morgan fingerprint density at radius 1 is 1.04 bits per heavy atom. The summed E-state index contributed by atoms with van der Waals surface area (Å²) >= 11 is 0. The zero-order valence-corrected chi connectivity index (χ0v) is 15.0. The van der Waals surface area contributed by atoms with Gasteiger partial charge in [0.05, 0.1) is 5.69 Å². The van der Waals surface area contributed by atoms with Crippen LogP contribution in [-0.4, -0.2) is 40.4 Å². The first kappa shape index (κ1) is 15.0. The number of hydrogen-bond donors (Lipinski definition) is 1. The van der Waals surface area contributed by atoms with E-state index in [1.165, 1.54) is 88.0 Å². The van der Waals surface area contributed by atoms with Gasteiger partial charge in [-0.2, -0.15) is 5.10 Å². The molecule has 0 radical (unpaired) electrons. The second-order valence-corrected chi connectivity index (χ2v) is 8.29. The van der Waals surface area contributed by atoms with E-state index in [2.05, 4.69) is 21.9 Å². The van der Waals surface area contributed by atoms with E-state index in [-0.39, 0.29) is 0 Å². The van der Waals surface area contributed by atoms with E-state index in [1.54, 1.807) is 11.1 Å². The molecule has 2 aliphatic heterocycles. The summed E-state index contributed by atoms with van der Waals surface area (Å²) in [5, 5.41) is 8.71. The minimum atomic E-state index is 0.630. The Kier molecular flexibility index (Phi) is 3.69. The maximum Gasteiger partial charge on any atom is 0.132 e. The third-order valence-electron chi connectivity index (χ3n) is 6.86. The summed E-state index contributed by atoms with van der Waals surface area (Å²) in [5.74, 6) is 1.91. The van der Waals surface area contributed by atoms with Crippen LogP contribution in [0.1, 0.15) is 75.0 Å². The summed E-state index contributed by atoms with van der Waals surface area (Å²) in [6.45, 7) is 3.58. The lowest BCUT2D eigenvalue weighted by atomic mass is 9.81. The molecule has 1 saturated carbocycles. The van der Waals surface area contributed by atoms with Crippen LogP contribution in [-0.2, 0) is 7.05 Å². The monoisotopic (exact) mass is 326 g/mol. The van der Waals surface area contributed by atoms with Crippen molar-refractivity contribution in [2.75, 3.05) is 25.0 Å². The van der Waals surface area contributed by atoms with E-state index < -0.39 is 0 Å². The molecule has 2 fully saturated rings. The van der Waals surface area contributed by atoms with Crippen LogP contribution in [0.25, 0.3) is 5.57 Å². The first-order chi connectivity index (χ1) is 11.8. The lowest BCUT2D eigenvalue weighted by molar-refractivity contribution is 0.0935. The summed E-state index contributed by atoms with van der Waals surface area (Å²) in [6.07, 6.45) is 12.2. The number of hydrogen-bond acceptors (Lipinski definition) is 3. The van der Waals surface area contributed by atoms with Crippen molar-refractivity contribution in [1.29, 1.82) is 0 Å². The SMILES string of the molecule is Cn1nc(C2CCCN(C3CCC3)C2)c2c1NCC1=C2CCCC1. The highest BCUT2D eigenvalue weighted by molar-refractivity contribution is 5.82. The lowest BCUT2D eigenvalue weighted by Crippen LogP contribution is -2.45. The van der Waals surface area contributed by atoms with Crippen LogP contribution >= 0.6 is 0 Å². The molecule has 1 aromatic heterocycles. The van der Waals surface area contributed by atoms with Gasteiger partial charge in [-0.05, 0) is 69.1 Å².